The molecule has 0 aliphatic carbocycles. The van der Waals surface area contributed by atoms with E-state index in [1.165, 1.54) is 25.4 Å². The number of nitriles is 1. The van der Waals surface area contributed by atoms with E-state index in [1.807, 2.05) is 0 Å². The van der Waals surface area contributed by atoms with E-state index in [0.717, 1.165) is 0 Å². The first-order valence-electron chi connectivity index (χ1n) is 4.87. The Bertz CT molecular complexity index is 441. The van der Waals surface area contributed by atoms with E-state index < -0.39 is 18.2 Å². The molecular weight excluding hydrogens is 224 g/mol. The topological polar surface area (TPSA) is 103 Å². The molecule has 0 radical (unpaired) electrons. The fourth-order valence-corrected chi connectivity index (χ4v) is 1.27. The maximum Gasteiger partial charge on any atom is 0.356 e. The number of rotatable bonds is 4. The van der Waals surface area contributed by atoms with Crippen molar-refractivity contribution < 1.29 is 19.7 Å². The number of esters is 1. The van der Waals surface area contributed by atoms with Gasteiger partial charge in [0.1, 0.15) is 11.8 Å². The lowest BCUT2D eigenvalue weighted by Gasteiger charge is -2.15. The largest absolute Gasteiger partial charge is 0.464 e. The summed E-state index contributed by atoms with van der Waals surface area (Å²) in [5.74, 6) is -0.631. The predicted molar refractivity (Wildman–Crippen MR) is 56.8 cm³/mol. The molecule has 6 nitrogen and oxygen atoms in total. The van der Waals surface area contributed by atoms with Crippen LogP contribution in [0.1, 0.15) is 28.6 Å². The Morgan fingerprint density at radius 2 is 2.35 bits per heavy atom. The van der Waals surface area contributed by atoms with E-state index >= 15 is 0 Å². The summed E-state index contributed by atoms with van der Waals surface area (Å²) < 4.78 is 4.48. The molecule has 0 aromatic carbocycles. The van der Waals surface area contributed by atoms with Crippen molar-refractivity contribution in [1.29, 1.82) is 5.26 Å². The average molecular weight is 236 g/mol. The third-order valence-electron chi connectivity index (χ3n) is 2.18. The van der Waals surface area contributed by atoms with Crippen LogP contribution in [0.3, 0.4) is 0 Å². The zero-order chi connectivity index (χ0) is 12.8. The number of hydrogen-bond acceptors (Lipinski definition) is 6. The molecule has 90 valence electrons. The summed E-state index contributed by atoms with van der Waals surface area (Å²) in [7, 11) is 1.22. The molecule has 1 aromatic heterocycles. The first-order valence-corrected chi connectivity index (χ1v) is 4.87. The van der Waals surface area contributed by atoms with Gasteiger partial charge in [0, 0.05) is 6.20 Å². The third-order valence-corrected chi connectivity index (χ3v) is 2.18. The van der Waals surface area contributed by atoms with E-state index in [1.54, 1.807) is 6.07 Å². The summed E-state index contributed by atoms with van der Waals surface area (Å²) in [6, 6.07) is 4.52. The maximum absolute atomic E-state index is 11.2. The van der Waals surface area contributed by atoms with Crippen molar-refractivity contribution in [2.45, 2.75) is 18.6 Å². The van der Waals surface area contributed by atoms with Crippen molar-refractivity contribution in [3.63, 3.8) is 0 Å². The molecule has 0 bridgehead atoms. The lowest BCUT2D eigenvalue weighted by Crippen LogP contribution is -2.18. The molecular formula is C11H12N2O4. The Morgan fingerprint density at radius 3 is 2.94 bits per heavy atom. The minimum Gasteiger partial charge on any atom is -0.464 e. The predicted octanol–water partition coefficient (Wildman–Crippen LogP) is 0.176. The highest BCUT2D eigenvalue weighted by Gasteiger charge is 2.19. The van der Waals surface area contributed by atoms with Gasteiger partial charge in [-0.2, -0.15) is 5.26 Å². The molecule has 0 aliphatic rings. The SMILES string of the molecule is COC(=O)c1cc(C(O)C(O)CC#N)ccn1. The molecule has 17 heavy (non-hydrogen) atoms. The van der Waals surface area contributed by atoms with Crippen LogP contribution >= 0.6 is 0 Å². The van der Waals surface area contributed by atoms with Crippen molar-refractivity contribution in [1.82, 2.24) is 4.98 Å². The Balaban J connectivity index is 2.92. The van der Waals surface area contributed by atoms with Crippen molar-refractivity contribution in [2.24, 2.45) is 0 Å². The van der Waals surface area contributed by atoms with E-state index in [4.69, 9.17) is 5.26 Å². The minimum atomic E-state index is -1.24. The number of aliphatic hydroxyl groups excluding tert-OH is 2. The number of aliphatic hydroxyl groups is 2. The van der Waals surface area contributed by atoms with Crippen molar-refractivity contribution >= 4 is 5.97 Å². The molecule has 0 aliphatic heterocycles. The minimum absolute atomic E-state index is 0.0354. The van der Waals surface area contributed by atoms with Crippen molar-refractivity contribution in [3.8, 4) is 6.07 Å². The van der Waals surface area contributed by atoms with Gasteiger partial charge in [-0.05, 0) is 17.7 Å². The van der Waals surface area contributed by atoms with Gasteiger partial charge >= 0.3 is 5.97 Å². The number of pyridine rings is 1. The zero-order valence-corrected chi connectivity index (χ0v) is 9.20. The molecule has 0 saturated heterocycles. The molecule has 0 saturated carbocycles. The van der Waals surface area contributed by atoms with Gasteiger partial charge in [0.15, 0.2) is 0 Å². The fraction of sp³-hybridized carbons (Fsp3) is 0.364. The normalized spacial score (nSPS) is 13.5. The molecule has 2 atom stereocenters. The highest BCUT2D eigenvalue weighted by atomic mass is 16.5. The summed E-state index contributed by atoms with van der Waals surface area (Å²) in [5.41, 5.74) is 0.344. The summed E-state index contributed by atoms with van der Waals surface area (Å²) in [4.78, 5) is 15.0. The molecule has 0 fully saturated rings. The quantitative estimate of drug-likeness (QED) is 0.722. The van der Waals surface area contributed by atoms with Gasteiger partial charge in [0.25, 0.3) is 0 Å². The van der Waals surface area contributed by atoms with E-state index in [2.05, 4.69) is 9.72 Å². The number of aromatic nitrogens is 1. The number of ether oxygens (including phenoxy) is 1. The van der Waals surface area contributed by atoms with Gasteiger partial charge < -0.3 is 14.9 Å². The van der Waals surface area contributed by atoms with E-state index in [9.17, 15) is 15.0 Å². The Hall–Kier alpha value is -1.97. The average Bonchev–Trinajstić information content (AvgIpc) is 2.37. The number of carbonyl (C=O) groups excluding carboxylic acids is 1. The van der Waals surface area contributed by atoms with Gasteiger partial charge in [-0.25, -0.2) is 9.78 Å². The fourth-order valence-electron chi connectivity index (χ4n) is 1.27. The molecule has 6 heteroatoms. The zero-order valence-electron chi connectivity index (χ0n) is 9.20. The molecule has 1 aromatic rings. The summed E-state index contributed by atoms with van der Waals surface area (Å²) >= 11 is 0. The van der Waals surface area contributed by atoms with Crippen LogP contribution < -0.4 is 0 Å². The highest BCUT2D eigenvalue weighted by molar-refractivity contribution is 5.87. The van der Waals surface area contributed by atoms with Crippen molar-refractivity contribution in [2.75, 3.05) is 7.11 Å². The van der Waals surface area contributed by atoms with Crippen LogP contribution in [0.15, 0.2) is 18.3 Å². The number of carbonyl (C=O) groups is 1. The number of nitrogens with zero attached hydrogens (tertiary/aromatic N) is 2. The standard InChI is InChI=1S/C11H12N2O4/c1-17-11(16)8-6-7(3-5-13-8)10(15)9(14)2-4-12/h3,5-6,9-10,14-15H,2H2,1H3. The summed E-state index contributed by atoms with van der Waals surface area (Å²) in [5, 5.41) is 27.6. The van der Waals surface area contributed by atoms with Crippen LogP contribution in [0.2, 0.25) is 0 Å². The van der Waals surface area contributed by atoms with E-state index in [-0.39, 0.29) is 12.1 Å². The van der Waals surface area contributed by atoms with Crippen LogP contribution in [0.25, 0.3) is 0 Å². The molecule has 2 unspecified atom stereocenters. The van der Waals surface area contributed by atoms with Crippen LogP contribution in [0, 0.1) is 11.3 Å². The summed E-state index contributed by atoms with van der Waals surface area (Å²) in [6.07, 6.45) is -1.31. The first-order chi connectivity index (χ1) is 8.10. The first kappa shape index (κ1) is 13.1. The third kappa shape index (κ3) is 3.24. The second-order valence-corrected chi connectivity index (χ2v) is 3.34. The van der Waals surface area contributed by atoms with E-state index in [0.29, 0.717) is 5.56 Å². The van der Waals surface area contributed by atoms with Gasteiger partial charge in [0.05, 0.1) is 25.7 Å². The van der Waals surface area contributed by atoms with Crippen LogP contribution in [0.5, 0.6) is 0 Å². The Kier molecular flexibility index (Phi) is 4.57. The molecule has 0 spiro atoms. The lowest BCUT2D eigenvalue weighted by atomic mass is 10.0. The highest BCUT2D eigenvalue weighted by Crippen LogP contribution is 2.19. The number of methoxy groups -OCH3 is 1. The van der Waals surface area contributed by atoms with Gasteiger partial charge in [-0.3, -0.25) is 0 Å². The van der Waals surface area contributed by atoms with Crippen LogP contribution in [-0.2, 0) is 4.74 Å². The Morgan fingerprint density at radius 1 is 1.65 bits per heavy atom. The molecule has 0 amide bonds. The van der Waals surface area contributed by atoms with Crippen LogP contribution in [-0.4, -0.2) is 34.4 Å². The molecule has 1 rings (SSSR count). The van der Waals surface area contributed by atoms with Crippen LogP contribution in [0.4, 0.5) is 0 Å². The second kappa shape index (κ2) is 5.94. The van der Waals surface area contributed by atoms with Gasteiger partial charge in [-0.1, -0.05) is 0 Å². The smallest absolute Gasteiger partial charge is 0.356 e. The number of hydrogen-bond donors (Lipinski definition) is 2. The van der Waals surface area contributed by atoms with Crippen molar-refractivity contribution in [3.05, 3.63) is 29.6 Å². The lowest BCUT2D eigenvalue weighted by molar-refractivity contribution is 0.0214. The molecule has 2 N–H and O–H groups in total. The maximum atomic E-state index is 11.2. The van der Waals surface area contributed by atoms with Gasteiger partial charge in [0.2, 0.25) is 0 Å². The monoisotopic (exact) mass is 236 g/mol. The van der Waals surface area contributed by atoms with Gasteiger partial charge in [-0.15, -0.1) is 0 Å². The second-order valence-electron chi connectivity index (χ2n) is 3.34. The summed E-state index contributed by atoms with van der Waals surface area (Å²) in [6.45, 7) is 0. The Labute approximate surface area is 98.1 Å². The molecule has 1 heterocycles.